The van der Waals surface area contributed by atoms with E-state index in [2.05, 4.69) is 29.3 Å². The van der Waals surface area contributed by atoms with E-state index in [-0.39, 0.29) is 0 Å². The maximum atomic E-state index is 12.4. The zero-order valence-corrected chi connectivity index (χ0v) is 22.4. The molecule has 1 rings (SSSR count). The van der Waals surface area contributed by atoms with E-state index in [1.54, 1.807) is 0 Å². The summed E-state index contributed by atoms with van der Waals surface area (Å²) in [5.41, 5.74) is -6.89. The van der Waals surface area contributed by atoms with Crippen LogP contribution in [0.4, 0.5) is 0 Å². The van der Waals surface area contributed by atoms with Gasteiger partial charge in [-0.3, -0.25) is 0 Å². The maximum Gasteiger partial charge on any atom is 0.392 e. The predicted octanol–water partition coefficient (Wildman–Crippen LogP) is -6.82. The van der Waals surface area contributed by atoms with Crippen LogP contribution in [0.5, 0.6) is 0 Å². The van der Waals surface area contributed by atoms with Gasteiger partial charge in [0.25, 0.3) is 0 Å². The van der Waals surface area contributed by atoms with Gasteiger partial charge in [-0.15, -0.1) is 0 Å². The first-order valence-electron chi connectivity index (χ1n) is 11.8. The van der Waals surface area contributed by atoms with Crippen LogP contribution < -0.4 is 0 Å². The molecule has 0 aromatic heterocycles. The second-order valence-corrected chi connectivity index (χ2v) is 9.23. The van der Waals surface area contributed by atoms with E-state index in [9.17, 15) is 64.5 Å². The third kappa shape index (κ3) is 8.96. The van der Waals surface area contributed by atoms with Crippen molar-refractivity contribution in [1.29, 1.82) is 0 Å². The van der Waals surface area contributed by atoms with Gasteiger partial charge in [0.05, 0.1) is 19.4 Å². The molecule has 5 unspecified atom stereocenters. The molecule has 0 aromatic carbocycles. The van der Waals surface area contributed by atoms with Crippen molar-refractivity contribution in [1.82, 2.24) is 0 Å². The standard InChI is InChI=1S/C21H30O22/c1-7(23)15(30)40-38-10(25)4-20(35,18(33)43-41-16(31)8(2)24)5-11(26)39-42-17(32)19(3,34)21(36)14(29)13(28)12(27)9(6-22)37-21/h7-9,12-14,22-24,27-29,34-36H,4-6H2,1-3H3/t7?,8?,9-,12-,13+,14-,19?,20?,21?/m1/s1. The minimum atomic E-state index is -3.52. The molecule has 9 N–H and O–H groups in total. The Morgan fingerprint density at radius 2 is 1.19 bits per heavy atom. The highest BCUT2D eigenvalue weighted by Gasteiger charge is 2.65. The first-order valence-corrected chi connectivity index (χ1v) is 11.8. The highest BCUT2D eigenvalue weighted by Crippen LogP contribution is 2.37. The molecule has 246 valence electrons. The first-order chi connectivity index (χ1) is 19.6. The van der Waals surface area contributed by atoms with Crippen molar-refractivity contribution in [2.24, 2.45) is 0 Å². The van der Waals surface area contributed by atoms with Crippen molar-refractivity contribution in [3.05, 3.63) is 0 Å². The van der Waals surface area contributed by atoms with Crippen molar-refractivity contribution in [3.8, 4) is 0 Å². The van der Waals surface area contributed by atoms with Crippen LogP contribution in [0.1, 0.15) is 33.6 Å². The summed E-state index contributed by atoms with van der Waals surface area (Å²) >= 11 is 0. The molecule has 0 aliphatic carbocycles. The quantitative estimate of drug-likeness (QED) is 0.0796. The molecule has 0 spiro atoms. The topological polar surface area (TPSA) is 349 Å². The Morgan fingerprint density at radius 1 is 0.767 bits per heavy atom. The molecule has 0 saturated carbocycles. The number of rotatable bonds is 10. The molecule has 0 bridgehead atoms. The molecule has 0 amide bonds. The molecule has 1 aliphatic heterocycles. The van der Waals surface area contributed by atoms with Gasteiger partial charge in [0.15, 0.2) is 17.8 Å². The van der Waals surface area contributed by atoms with Gasteiger partial charge in [0, 0.05) is 0 Å². The Balaban J connectivity index is 3.06. The van der Waals surface area contributed by atoms with E-state index >= 15 is 0 Å². The van der Waals surface area contributed by atoms with E-state index in [0.29, 0.717) is 6.92 Å². The lowest BCUT2D eigenvalue weighted by Gasteiger charge is -2.49. The Hall–Kier alpha value is -3.58. The molecular weight excluding hydrogens is 604 g/mol. The second kappa shape index (κ2) is 14.7. The van der Waals surface area contributed by atoms with Crippen LogP contribution in [-0.2, 0) is 62.8 Å². The van der Waals surface area contributed by atoms with Crippen LogP contribution in [0.25, 0.3) is 0 Å². The molecule has 22 nitrogen and oxygen atoms in total. The van der Waals surface area contributed by atoms with Crippen molar-refractivity contribution >= 4 is 35.8 Å². The highest BCUT2D eigenvalue weighted by molar-refractivity contribution is 5.90. The molecule has 0 radical (unpaired) electrons. The average Bonchev–Trinajstić information content (AvgIpc) is 2.93. The summed E-state index contributed by atoms with van der Waals surface area (Å²) in [6.07, 6.45) is -15.8. The lowest BCUT2D eigenvalue weighted by atomic mass is 9.82. The molecule has 1 heterocycles. The summed E-state index contributed by atoms with van der Waals surface area (Å²) in [6, 6.07) is 0. The number of hydrogen-bond acceptors (Lipinski definition) is 22. The van der Waals surface area contributed by atoms with E-state index in [4.69, 9.17) is 14.9 Å². The van der Waals surface area contributed by atoms with Gasteiger partial charge in [0.2, 0.25) is 11.4 Å². The lowest BCUT2D eigenvalue weighted by Crippen LogP contribution is -2.74. The summed E-state index contributed by atoms with van der Waals surface area (Å²) in [5.74, 6) is -14.6. The van der Waals surface area contributed by atoms with E-state index in [1.165, 1.54) is 0 Å². The molecule has 1 fully saturated rings. The molecule has 1 aliphatic rings. The van der Waals surface area contributed by atoms with Crippen LogP contribution in [0.3, 0.4) is 0 Å². The Morgan fingerprint density at radius 3 is 1.63 bits per heavy atom. The maximum absolute atomic E-state index is 12.4. The van der Waals surface area contributed by atoms with Gasteiger partial charge in [-0.05, 0) is 20.8 Å². The van der Waals surface area contributed by atoms with Crippen molar-refractivity contribution in [2.75, 3.05) is 6.61 Å². The smallest absolute Gasteiger partial charge is 0.392 e. The van der Waals surface area contributed by atoms with E-state index in [0.717, 1.165) is 13.8 Å². The first kappa shape index (κ1) is 37.4. The fraction of sp³-hybridized carbons (Fsp3) is 0.714. The minimum absolute atomic E-state index is 0.417. The number of hydrogen-bond donors (Lipinski definition) is 9. The van der Waals surface area contributed by atoms with Gasteiger partial charge in [-0.2, -0.15) is 0 Å². The van der Waals surface area contributed by atoms with Gasteiger partial charge < -0.3 is 50.7 Å². The fourth-order valence-electron chi connectivity index (χ4n) is 2.99. The highest BCUT2D eigenvalue weighted by atomic mass is 17.2. The van der Waals surface area contributed by atoms with Gasteiger partial charge in [0.1, 0.15) is 24.4 Å². The third-order valence-electron chi connectivity index (χ3n) is 5.62. The van der Waals surface area contributed by atoms with Crippen LogP contribution in [-0.4, -0.2) is 142 Å². The summed E-state index contributed by atoms with van der Waals surface area (Å²) in [6.45, 7) is 1.10. The van der Waals surface area contributed by atoms with Gasteiger partial charge >= 0.3 is 35.8 Å². The summed E-state index contributed by atoms with van der Waals surface area (Å²) < 4.78 is 4.77. The Labute approximate surface area is 239 Å². The Bertz CT molecular complexity index is 1050. The van der Waals surface area contributed by atoms with Crippen LogP contribution >= 0.6 is 0 Å². The van der Waals surface area contributed by atoms with Crippen LogP contribution in [0.15, 0.2) is 0 Å². The summed E-state index contributed by atoms with van der Waals surface area (Å²) in [7, 11) is 0. The molecular formula is C21H30O22. The number of aliphatic hydroxyl groups excluding tert-OH is 6. The monoisotopic (exact) mass is 634 g/mol. The van der Waals surface area contributed by atoms with Crippen molar-refractivity contribution in [3.63, 3.8) is 0 Å². The summed E-state index contributed by atoms with van der Waals surface area (Å²) in [4.78, 5) is 95.4. The number of carbonyl (C=O) groups is 6. The molecule has 1 saturated heterocycles. The normalized spacial score (nSPS) is 27.6. The van der Waals surface area contributed by atoms with Gasteiger partial charge in [-0.1, -0.05) is 0 Å². The second-order valence-electron chi connectivity index (χ2n) is 9.23. The van der Waals surface area contributed by atoms with E-state index in [1.807, 2.05) is 0 Å². The SMILES string of the molecule is CC(O)C(=O)OOC(=O)CC(O)(CC(=O)OOC(=O)C(C)(O)C1(O)O[C@H](CO)[C@@H](O)[C@H](O)[C@H]1O)C(=O)OOC(=O)C(C)O. The third-order valence-corrected chi connectivity index (χ3v) is 5.62. The molecule has 43 heavy (non-hydrogen) atoms. The molecule has 9 atom stereocenters. The van der Waals surface area contributed by atoms with Crippen molar-refractivity contribution < 1.29 is 109 Å². The Kier molecular flexibility index (Phi) is 12.8. The zero-order chi connectivity index (χ0) is 33.5. The molecule has 0 aromatic rings. The molecule has 22 heteroatoms. The van der Waals surface area contributed by atoms with Crippen LogP contribution in [0, 0.1) is 0 Å². The number of aliphatic hydroxyl groups is 9. The fourth-order valence-corrected chi connectivity index (χ4v) is 2.99. The van der Waals surface area contributed by atoms with Crippen LogP contribution in [0.2, 0.25) is 0 Å². The number of ether oxygens (including phenoxy) is 1. The zero-order valence-electron chi connectivity index (χ0n) is 22.4. The summed E-state index contributed by atoms with van der Waals surface area (Å²) in [5, 5.41) is 88.8. The van der Waals surface area contributed by atoms with Crippen molar-refractivity contribution in [2.45, 2.75) is 87.2 Å². The lowest BCUT2D eigenvalue weighted by molar-refractivity contribution is -0.397. The minimum Gasteiger partial charge on any atom is -0.394 e. The predicted molar refractivity (Wildman–Crippen MR) is 120 cm³/mol. The van der Waals surface area contributed by atoms with E-state index < -0.39 is 109 Å². The largest absolute Gasteiger partial charge is 0.394 e. The average molecular weight is 634 g/mol. The van der Waals surface area contributed by atoms with Gasteiger partial charge in [-0.25, -0.2) is 58.1 Å². The number of carbonyl (C=O) groups excluding carboxylic acids is 6.